The Hall–Kier alpha value is -4.20. The van der Waals surface area contributed by atoms with Crippen LogP contribution < -0.4 is 9.64 Å². The summed E-state index contributed by atoms with van der Waals surface area (Å²) < 4.78 is 6.32. The van der Waals surface area contributed by atoms with Gasteiger partial charge < -0.3 is 14.5 Å². The lowest BCUT2D eigenvalue weighted by Gasteiger charge is -2.32. The van der Waals surface area contributed by atoms with E-state index >= 15 is 0 Å². The third kappa shape index (κ3) is 5.06. The molecule has 202 valence electrons. The number of hydrogen-bond acceptors (Lipinski definition) is 7. The molecule has 0 N–H and O–H groups in total. The highest BCUT2D eigenvalue weighted by atomic mass is 16.5. The SMILES string of the molecule is C#Cc1cccc2cc(C#N)cc(-c3cnc4c(N5CCCC(C)C5)nc(OCC5(CN(C)C)CC5)nc4c3)c12. The zero-order chi connectivity index (χ0) is 27.9. The predicted octanol–water partition coefficient (Wildman–Crippen LogP) is 5.65. The van der Waals surface area contributed by atoms with Crippen molar-refractivity contribution in [2.75, 3.05) is 45.2 Å². The number of nitriles is 1. The summed E-state index contributed by atoms with van der Waals surface area (Å²) in [6.07, 6.45) is 12.4. The number of hydrogen-bond donors (Lipinski definition) is 0. The number of pyridine rings is 1. The van der Waals surface area contributed by atoms with Gasteiger partial charge in [-0.1, -0.05) is 25.0 Å². The zero-order valence-corrected chi connectivity index (χ0v) is 23.4. The average Bonchev–Trinajstić information content (AvgIpc) is 3.72. The maximum atomic E-state index is 9.74. The fourth-order valence-electron chi connectivity index (χ4n) is 6.05. The highest BCUT2D eigenvalue weighted by molar-refractivity contribution is 6.02. The summed E-state index contributed by atoms with van der Waals surface area (Å²) in [5.41, 5.74) is 4.73. The van der Waals surface area contributed by atoms with Crippen LogP contribution in [0.5, 0.6) is 6.01 Å². The number of terminal acetylenes is 1. The lowest BCUT2D eigenvalue weighted by Crippen LogP contribution is -2.35. The highest BCUT2D eigenvalue weighted by Crippen LogP contribution is 2.46. The number of fused-ring (bicyclic) bond motifs is 2. The molecule has 7 nitrogen and oxygen atoms in total. The Bertz CT molecular complexity index is 1680. The quantitative estimate of drug-likeness (QED) is 0.286. The van der Waals surface area contributed by atoms with Gasteiger partial charge in [0.2, 0.25) is 0 Å². The van der Waals surface area contributed by atoms with Crippen LogP contribution >= 0.6 is 0 Å². The van der Waals surface area contributed by atoms with Gasteiger partial charge in [0, 0.05) is 47.8 Å². The van der Waals surface area contributed by atoms with E-state index in [0.717, 1.165) is 83.2 Å². The summed E-state index contributed by atoms with van der Waals surface area (Å²) >= 11 is 0. The molecule has 2 aliphatic rings. The van der Waals surface area contributed by atoms with E-state index in [4.69, 9.17) is 26.1 Å². The molecule has 0 amide bonds. The predicted molar refractivity (Wildman–Crippen MR) is 159 cm³/mol. The van der Waals surface area contributed by atoms with E-state index in [0.29, 0.717) is 24.1 Å². The minimum Gasteiger partial charge on any atom is -0.463 e. The minimum absolute atomic E-state index is 0.171. The van der Waals surface area contributed by atoms with Crippen molar-refractivity contribution in [2.24, 2.45) is 11.3 Å². The molecular weight excluding hydrogens is 496 g/mol. The average molecular weight is 531 g/mol. The van der Waals surface area contributed by atoms with Gasteiger partial charge in [0.1, 0.15) is 5.52 Å². The van der Waals surface area contributed by atoms with E-state index in [-0.39, 0.29) is 5.41 Å². The lowest BCUT2D eigenvalue weighted by molar-refractivity contribution is 0.183. The molecule has 4 aromatic rings. The Labute approximate surface area is 235 Å². The van der Waals surface area contributed by atoms with Gasteiger partial charge in [-0.15, -0.1) is 6.42 Å². The van der Waals surface area contributed by atoms with E-state index in [9.17, 15) is 5.26 Å². The number of benzene rings is 2. The largest absolute Gasteiger partial charge is 0.463 e. The molecule has 6 rings (SSSR count). The van der Waals surface area contributed by atoms with Crippen LogP contribution in [0.1, 0.15) is 43.7 Å². The van der Waals surface area contributed by atoms with Gasteiger partial charge in [0.15, 0.2) is 5.82 Å². The van der Waals surface area contributed by atoms with E-state index in [1.165, 1.54) is 6.42 Å². The van der Waals surface area contributed by atoms with E-state index < -0.39 is 0 Å². The third-order valence-electron chi connectivity index (χ3n) is 8.14. The smallest absolute Gasteiger partial charge is 0.319 e. The first-order valence-corrected chi connectivity index (χ1v) is 14.0. The van der Waals surface area contributed by atoms with Crippen LogP contribution in [0, 0.1) is 35.0 Å². The zero-order valence-electron chi connectivity index (χ0n) is 23.4. The maximum absolute atomic E-state index is 9.74. The minimum atomic E-state index is 0.171. The summed E-state index contributed by atoms with van der Waals surface area (Å²) in [6.45, 7) is 5.74. The second-order valence-corrected chi connectivity index (χ2v) is 11.8. The third-order valence-corrected chi connectivity index (χ3v) is 8.14. The molecule has 1 aliphatic carbocycles. The van der Waals surface area contributed by atoms with Crippen molar-refractivity contribution in [2.45, 2.75) is 32.6 Å². The molecule has 1 unspecified atom stereocenters. The van der Waals surface area contributed by atoms with Crippen LogP contribution in [0.15, 0.2) is 42.6 Å². The Balaban J connectivity index is 1.47. The standard InChI is InChI=1S/C33H34N6O/c1-5-24-9-6-10-25-14-23(17-34)15-27(29(24)25)26-16-28-30(35-18-26)31(39-13-7-8-22(2)19-39)37-32(36-28)40-21-33(11-12-33)20-38(3)4/h1,6,9-10,14-16,18,22H,7-8,11-13,19-21H2,2-4H3. The number of ether oxygens (including phenoxy) is 1. The molecule has 40 heavy (non-hydrogen) atoms. The molecule has 0 radical (unpaired) electrons. The van der Waals surface area contributed by atoms with Crippen molar-refractivity contribution < 1.29 is 4.74 Å². The normalized spacial score (nSPS) is 18.1. The van der Waals surface area contributed by atoms with Crippen LogP contribution in [0.3, 0.4) is 0 Å². The molecule has 7 heteroatoms. The molecule has 0 spiro atoms. The molecule has 2 aromatic carbocycles. The van der Waals surface area contributed by atoms with Crippen LogP contribution in [-0.4, -0.2) is 60.2 Å². The van der Waals surface area contributed by atoms with Crippen molar-refractivity contribution in [1.29, 1.82) is 5.26 Å². The summed E-state index contributed by atoms with van der Waals surface area (Å²) in [5.74, 6) is 4.22. The summed E-state index contributed by atoms with van der Waals surface area (Å²) in [6, 6.07) is 14.3. The lowest BCUT2D eigenvalue weighted by atomic mass is 9.93. The molecule has 1 saturated heterocycles. The van der Waals surface area contributed by atoms with Crippen LogP contribution in [0.4, 0.5) is 5.82 Å². The Morgan fingerprint density at radius 2 is 2.05 bits per heavy atom. The van der Waals surface area contributed by atoms with E-state index in [1.54, 1.807) is 0 Å². The molecule has 2 aromatic heterocycles. The Morgan fingerprint density at radius 3 is 2.77 bits per heavy atom. The van der Waals surface area contributed by atoms with Gasteiger partial charge in [-0.3, -0.25) is 4.98 Å². The van der Waals surface area contributed by atoms with Crippen molar-refractivity contribution in [1.82, 2.24) is 19.9 Å². The molecule has 3 heterocycles. The number of anilines is 1. The van der Waals surface area contributed by atoms with Gasteiger partial charge in [-0.05, 0) is 80.9 Å². The van der Waals surface area contributed by atoms with Crippen LogP contribution in [0.25, 0.3) is 32.9 Å². The molecule has 1 aliphatic heterocycles. The van der Waals surface area contributed by atoms with Crippen molar-refractivity contribution >= 4 is 27.6 Å². The first-order chi connectivity index (χ1) is 19.4. The van der Waals surface area contributed by atoms with Crippen LogP contribution in [0.2, 0.25) is 0 Å². The van der Waals surface area contributed by atoms with Gasteiger partial charge in [-0.25, -0.2) is 0 Å². The van der Waals surface area contributed by atoms with Crippen LogP contribution in [-0.2, 0) is 0 Å². The second-order valence-electron chi connectivity index (χ2n) is 11.8. The Kier molecular flexibility index (Phi) is 6.78. The number of rotatable bonds is 7. The Morgan fingerprint density at radius 1 is 1.20 bits per heavy atom. The second kappa shape index (κ2) is 10.4. The first kappa shape index (κ1) is 26.0. The van der Waals surface area contributed by atoms with Gasteiger partial charge in [-0.2, -0.15) is 15.2 Å². The molecular formula is C33H34N6O. The molecule has 1 saturated carbocycles. The van der Waals surface area contributed by atoms with Crippen molar-refractivity contribution in [3.8, 4) is 35.6 Å². The summed E-state index contributed by atoms with van der Waals surface area (Å²) in [7, 11) is 4.21. The van der Waals surface area contributed by atoms with E-state index in [1.807, 2.05) is 42.6 Å². The molecule has 0 bridgehead atoms. The monoisotopic (exact) mass is 530 g/mol. The summed E-state index contributed by atoms with van der Waals surface area (Å²) in [4.78, 5) is 19.3. The van der Waals surface area contributed by atoms with E-state index in [2.05, 4.69) is 42.8 Å². The van der Waals surface area contributed by atoms with Gasteiger partial charge >= 0.3 is 6.01 Å². The highest BCUT2D eigenvalue weighted by Gasteiger charge is 2.44. The fourth-order valence-corrected chi connectivity index (χ4v) is 6.05. The summed E-state index contributed by atoms with van der Waals surface area (Å²) in [5, 5.41) is 11.6. The molecule has 2 fully saturated rings. The maximum Gasteiger partial charge on any atom is 0.319 e. The van der Waals surface area contributed by atoms with Crippen molar-refractivity contribution in [3.63, 3.8) is 0 Å². The first-order valence-electron chi connectivity index (χ1n) is 14.0. The fraction of sp³-hybridized carbons (Fsp3) is 0.394. The topological polar surface area (TPSA) is 78.2 Å². The molecule has 1 atom stereocenters. The number of piperidine rings is 1. The van der Waals surface area contributed by atoms with Gasteiger partial charge in [0.05, 0.1) is 23.8 Å². The van der Waals surface area contributed by atoms with Crippen molar-refractivity contribution in [3.05, 3.63) is 53.7 Å². The number of aromatic nitrogens is 3. The van der Waals surface area contributed by atoms with Gasteiger partial charge in [0.25, 0.3) is 0 Å². The number of nitrogens with zero attached hydrogens (tertiary/aromatic N) is 6.